The Balaban J connectivity index is 0.000000349. The minimum absolute atomic E-state index is 0.327. The normalized spacial score (nSPS) is 19.3. The molecule has 2 atom stereocenters. The standard InChI is InChI=1S/C25H30N2OS.C6H12O2/c1-3-28-20-7-4-8-21(15-20)29-22-9-10-24-23(16-22)25(17(2)26-24)18-11-13-27-12-5-6-19(27)14-18;1-2-3-4-5-6(7)8/h4,7-10,15-16,18-19,26H,3,5-6,11-14H2,1-2H3;2-5H2,1H3,(H,7,8). The summed E-state index contributed by atoms with van der Waals surface area (Å²) in [7, 11) is 0. The SMILES string of the molecule is CCCCCC(=O)O.CCOc1cccc(Sc2ccc3[nH]c(C)c(C4CCN5CCCC5C4)c3c2)c1. The Bertz CT molecular complexity index is 1170. The summed E-state index contributed by atoms with van der Waals surface area (Å²) in [6.07, 6.45) is 8.65. The lowest BCUT2D eigenvalue weighted by Crippen LogP contribution is -2.37. The molecule has 2 saturated heterocycles. The summed E-state index contributed by atoms with van der Waals surface area (Å²) in [5.41, 5.74) is 4.20. The van der Waals surface area contributed by atoms with Gasteiger partial charge in [0.05, 0.1) is 6.61 Å². The summed E-state index contributed by atoms with van der Waals surface area (Å²) >= 11 is 1.82. The largest absolute Gasteiger partial charge is 0.494 e. The molecule has 0 saturated carbocycles. The van der Waals surface area contributed by atoms with E-state index in [9.17, 15) is 4.79 Å². The highest BCUT2D eigenvalue weighted by Crippen LogP contribution is 2.41. The number of aromatic nitrogens is 1. The average molecular weight is 523 g/mol. The van der Waals surface area contributed by atoms with Gasteiger partial charge in [0, 0.05) is 38.9 Å². The first kappa shape index (κ1) is 27.6. The van der Waals surface area contributed by atoms with Gasteiger partial charge in [-0.15, -0.1) is 0 Å². The van der Waals surface area contributed by atoms with Gasteiger partial charge in [0.2, 0.25) is 0 Å². The molecule has 0 amide bonds. The molecular weight excluding hydrogens is 480 g/mol. The van der Waals surface area contributed by atoms with Crippen LogP contribution in [0.1, 0.15) is 82.4 Å². The highest BCUT2D eigenvalue weighted by Gasteiger charge is 2.33. The fourth-order valence-electron chi connectivity index (χ4n) is 5.86. The number of hydrogen-bond donors (Lipinski definition) is 2. The van der Waals surface area contributed by atoms with Crippen LogP contribution in [-0.4, -0.2) is 46.7 Å². The summed E-state index contributed by atoms with van der Waals surface area (Å²) in [6, 6.07) is 16.1. The molecule has 0 spiro atoms. The lowest BCUT2D eigenvalue weighted by Gasteiger charge is -2.35. The van der Waals surface area contributed by atoms with Gasteiger partial charge in [-0.1, -0.05) is 37.6 Å². The highest BCUT2D eigenvalue weighted by atomic mass is 32.2. The van der Waals surface area contributed by atoms with Gasteiger partial charge in [-0.05, 0) is 107 Å². The zero-order valence-electron chi connectivity index (χ0n) is 22.6. The highest BCUT2D eigenvalue weighted by molar-refractivity contribution is 7.99. The molecule has 0 radical (unpaired) electrons. The van der Waals surface area contributed by atoms with E-state index >= 15 is 0 Å². The second-order valence-electron chi connectivity index (χ2n) is 10.3. The minimum Gasteiger partial charge on any atom is -0.494 e. The molecular formula is C31H42N2O3S. The second-order valence-corrected chi connectivity index (χ2v) is 11.4. The fourth-order valence-corrected chi connectivity index (χ4v) is 6.77. The van der Waals surface area contributed by atoms with Crippen LogP contribution in [0.25, 0.3) is 10.9 Å². The van der Waals surface area contributed by atoms with Crippen molar-refractivity contribution in [1.29, 1.82) is 0 Å². The number of fused-ring (bicyclic) bond motifs is 2. The monoisotopic (exact) mass is 522 g/mol. The van der Waals surface area contributed by atoms with Crippen molar-refractivity contribution < 1.29 is 14.6 Å². The molecule has 2 N–H and O–H groups in total. The first-order valence-electron chi connectivity index (χ1n) is 14.0. The number of rotatable bonds is 9. The number of aliphatic carboxylic acids is 1. The van der Waals surface area contributed by atoms with Gasteiger partial charge in [0.1, 0.15) is 5.75 Å². The quantitative estimate of drug-likeness (QED) is 0.279. The van der Waals surface area contributed by atoms with Crippen molar-refractivity contribution in [2.45, 2.75) is 93.9 Å². The Morgan fingerprint density at radius 2 is 1.95 bits per heavy atom. The molecule has 5 rings (SSSR count). The molecule has 200 valence electrons. The lowest BCUT2D eigenvalue weighted by molar-refractivity contribution is -0.137. The van der Waals surface area contributed by atoms with Crippen LogP contribution in [0, 0.1) is 6.92 Å². The van der Waals surface area contributed by atoms with Gasteiger partial charge >= 0.3 is 5.97 Å². The van der Waals surface area contributed by atoms with Crippen molar-refractivity contribution in [3.05, 3.63) is 53.7 Å². The van der Waals surface area contributed by atoms with Gasteiger partial charge in [0.15, 0.2) is 0 Å². The molecule has 2 aliphatic rings. The Morgan fingerprint density at radius 3 is 2.73 bits per heavy atom. The summed E-state index contributed by atoms with van der Waals surface area (Å²) in [4.78, 5) is 18.8. The Morgan fingerprint density at radius 1 is 1.11 bits per heavy atom. The third-order valence-corrected chi connectivity index (χ3v) is 8.56. The number of carboxylic acids is 1. The predicted octanol–water partition coefficient (Wildman–Crippen LogP) is 8.02. The molecule has 0 bridgehead atoms. The third-order valence-electron chi connectivity index (χ3n) is 7.58. The van der Waals surface area contributed by atoms with E-state index in [4.69, 9.17) is 9.84 Å². The van der Waals surface area contributed by atoms with Crippen LogP contribution in [-0.2, 0) is 4.79 Å². The number of H-pyrrole nitrogens is 1. The van der Waals surface area contributed by atoms with Crippen molar-refractivity contribution in [1.82, 2.24) is 9.88 Å². The average Bonchev–Trinajstić information content (AvgIpc) is 3.47. The first-order chi connectivity index (χ1) is 18.0. The van der Waals surface area contributed by atoms with Crippen LogP contribution in [0.2, 0.25) is 0 Å². The van der Waals surface area contributed by atoms with E-state index in [1.165, 1.54) is 65.2 Å². The molecule has 1 aromatic heterocycles. The Hall–Kier alpha value is -2.44. The summed E-state index contributed by atoms with van der Waals surface area (Å²) in [6.45, 7) is 9.62. The minimum atomic E-state index is -0.682. The van der Waals surface area contributed by atoms with E-state index in [1.807, 2.05) is 24.8 Å². The number of piperidine rings is 1. The molecule has 0 aliphatic carbocycles. The topological polar surface area (TPSA) is 65.6 Å². The van der Waals surface area contributed by atoms with Crippen LogP contribution in [0.15, 0.2) is 52.3 Å². The summed E-state index contributed by atoms with van der Waals surface area (Å²) < 4.78 is 5.67. The van der Waals surface area contributed by atoms with Crippen LogP contribution >= 0.6 is 11.8 Å². The number of hydrogen-bond acceptors (Lipinski definition) is 4. The first-order valence-corrected chi connectivity index (χ1v) is 14.8. The maximum Gasteiger partial charge on any atom is 0.303 e. The molecule has 5 nitrogen and oxygen atoms in total. The number of benzene rings is 2. The Kier molecular flexibility index (Phi) is 9.98. The zero-order valence-corrected chi connectivity index (χ0v) is 23.4. The maximum atomic E-state index is 9.87. The van der Waals surface area contributed by atoms with Gasteiger partial charge in [-0.25, -0.2) is 0 Å². The van der Waals surface area contributed by atoms with E-state index in [0.717, 1.165) is 31.1 Å². The number of ether oxygens (including phenoxy) is 1. The number of aromatic amines is 1. The van der Waals surface area contributed by atoms with Gasteiger partial charge in [-0.2, -0.15) is 0 Å². The number of carboxylic acid groups (broad SMARTS) is 1. The van der Waals surface area contributed by atoms with E-state index in [0.29, 0.717) is 18.9 Å². The second kappa shape index (κ2) is 13.4. The summed E-state index contributed by atoms with van der Waals surface area (Å²) in [5.74, 6) is 0.947. The molecule has 2 unspecified atom stereocenters. The number of unbranched alkanes of at least 4 members (excludes halogenated alkanes) is 2. The number of aryl methyl sites for hydroxylation is 1. The Labute approximate surface area is 226 Å². The van der Waals surface area contributed by atoms with E-state index in [2.05, 4.69) is 60.1 Å². The van der Waals surface area contributed by atoms with Crippen molar-refractivity contribution in [2.24, 2.45) is 0 Å². The van der Waals surface area contributed by atoms with Crippen molar-refractivity contribution >= 4 is 28.6 Å². The van der Waals surface area contributed by atoms with Crippen LogP contribution in [0.4, 0.5) is 0 Å². The van der Waals surface area contributed by atoms with E-state index < -0.39 is 5.97 Å². The number of carbonyl (C=O) groups is 1. The van der Waals surface area contributed by atoms with E-state index in [-0.39, 0.29) is 0 Å². The molecule has 3 aromatic rings. The third kappa shape index (κ3) is 7.32. The lowest BCUT2D eigenvalue weighted by atomic mass is 9.84. The smallest absolute Gasteiger partial charge is 0.303 e. The fraction of sp³-hybridized carbons (Fsp3) is 0.516. The van der Waals surface area contributed by atoms with Gasteiger partial charge in [0.25, 0.3) is 0 Å². The molecule has 37 heavy (non-hydrogen) atoms. The van der Waals surface area contributed by atoms with Crippen LogP contribution in [0.5, 0.6) is 5.75 Å². The number of nitrogens with zero attached hydrogens (tertiary/aromatic N) is 1. The number of nitrogens with one attached hydrogen (secondary N) is 1. The van der Waals surface area contributed by atoms with Crippen LogP contribution in [0.3, 0.4) is 0 Å². The predicted molar refractivity (Wildman–Crippen MR) is 153 cm³/mol. The molecule has 2 aliphatic heterocycles. The zero-order chi connectivity index (χ0) is 26.2. The molecule has 3 heterocycles. The molecule has 6 heteroatoms. The maximum absolute atomic E-state index is 9.87. The van der Waals surface area contributed by atoms with Crippen molar-refractivity contribution in [3.63, 3.8) is 0 Å². The van der Waals surface area contributed by atoms with Crippen LogP contribution < -0.4 is 4.74 Å². The molecule has 2 aromatic carbocycles. The molecule has 2 fully saturated rings. The van der Waals surface area contributed by atoms with Gasteiger partial charge in [-0.3, -0.25) is 4.79 Å². The van der Waals surface area contributed by atoms with Crippen molar-refractivity contribution in [2.75, 3.05) is 19.7 Å². The van der Waals surface area contributed by atoms with Gasteiger partial charge < -0.3 is 19.7 Å². The van der Waals surface area contributed by atoms with E-state index in [1.54, 1.807) is 5.56 Å². The van der Waals surface area contributed by atoms with Crippen molar-refractivity contribution in [3.8, 4) is 5.75 Å². The summed E-state index contributed by atoms with van der Waals surface area (Å²) in [5, 5.41) is 9.56.